The van der Waals surface area contributed by atoms with Crippen LogP contribution < -0.4 is 4.74 Å². The van der Waals surface area contributed by atoms with Crippen LogP contribution in [0, 0.1) is 13.8 Å². The van der Waals surface area contributed by atoms with Crippen LogP contribution in [0.3, 0.4) is 0 Å². The lowest BCUT2D eigenvalue weighted by Crippen LogP contribution is -2.04. The number of fused-ring (bicyclic) bond motifs is 4. The van der Waals surface area contributed by atoms with Crippen molar-refractivity contribution in [3.8, 4) is 16.9 Å². The maximum Gasteiger partial charge on any atom is 0.308 e. The first-order valence-corrected chi connectivity index (χ1v) is 10.2. The average Bonchev–Trinajstić information content (AvgIpc) is 2.72. The van der Waals surface area contributed by atoms with Crippen molar-refractivity contribution < 1.29 is 9.53 Å². The second-order valence-electron chi connectivity index (χ2n) is 7.91. The van der Waals surface area contributed by atoms with Crippen LogP contribution in [-0.2, 0) is 4.79 Å². The highest BCUT2D eigenvalue weighted by Gasteiger charge is 2.20. The molecule has 0 bridgehead atoms. The predicted molar refractivity (Wildman–Crippen MR) is 125 cm³/mol. The third kappa shape index (κ3) is 2.93. The number of hydrogen-bond donors (Lipinski definition) is 0. The predicted octanol–water partition coefficient (Wildman–Crippen LogP) is 7.36. The number of rotatable bonds is 2. The highest BCUT2D eigenvalue weighted by Crippen LogP contribution is 2.46. The van der Waals surface area contributed by atoms with E-state index in [2.05, 4.69) is 86.6 Å². The molecule has 0 fully saturated rings. The van der Waals surface area contributed by atoms with Gasteiger partial charge < -0.3 is 4.74 Å². The summed E-state index contributed by atoms with van der Waals surface area (Å²) < 4.78 is 5.91. The smallest absolute Gasteiger partial charge is 0.308 e. The molecule has 5 rings (SSSR count). The van der Waals surface area contributed by atoms with Crippen LogP contribution in [0.25, 0.3) is 43.4 Å². The molecule has 0 aliphatic carbocycles. The van der Waals surface area contributed by atoms with Crippen molar-refractivity contribution in [1.29, 1.82) is 0 Å². The van der Waals surface area contributed by atoms with Gasteiger partial charge in [-0.15, -0.1) is 0 Å². The molecular formula is C28H22O2. The Balaban J connectivity index is 2.06. The Bertz CT molecular complexity index is 1460. The van der Waals surface area contributed by atoms with Gasteiger partial charge in [-0.25, -0.2) is 0 Å². The molecule has 0 radical (unpaired) electrons. The zero-order chi connectivity index (χ0) is 20.8. The van der Waals surface area contributed by atoms with Crippen molar-refractivity contribution in [3.63, 3.8) is 0 Å². The van der Waals surface area contributed by atoms with E-state index in [9.17, 15) is 4.79 Å². The van der Waals surface area contributed by atoms with Crippen molar-refractivity contribution in [2.24, 2.45) is 0 Å². The summed E-state index contributed by atoms with van der Waals surface area (Å²) in [4.78, 5) is 12.2. The van der Waals surface area contributed by atoms with E-state index in [4.69, 9.17) is 4.74 Å². The number of ether oxygens (including phenoxy) is 1. The largest absolute Gasteiger partial charge is 0.425 e. The molecule has 0 heterocycles. The standard InChI is InChI=1S/C28H22O2/c1-17-8-6-12-22(14-17)27-23-13-7-9-18(2)26(23)24-15-20-10-4-5-11-21(20)16-25(24)28(27)30-19(3)29/h4-16H,1-3H3. The summed E-state index contributed by atoms with van der Waals surface area (Å²) in [7, 11) is 0. The zero-order valence-electron chi connectivity index (χ0n) is 17.3. The summed E-state index contributed by atoms with van der Waals surface area (Å²) in [5.41, 5.74) is 4.39. The van der Waals surface area contributed by atoms with Crippen LogP contribution >= 0.6 is 0 Å². The number of hydrogen-bond acceptors (Lipinski definition) is 2. The molecule has 2 heteroatoms. The second-order valence-corrected chi connectivity index (χ2v) is 7.91. The molecule has 0 aromatic heterocycles. The molecule has 0 aliphatic rings. The number of esters is 1. The maximum atomic E-state index is 12.2. The van der Waals surface area contributed by atoms with E-state index in [-0.39, 0.29) is 5.97 Å². The van der Waals surface area contributed by atoms with Gasteiger partial charge in [-0.3, -0.25) is 4.79 Å². The van der Waals surface area contributed by atoms with Crippen LogP contribution in [0.15, 0.2) is 78.9 Å². The Kier molecular flexibility index (Phi) is 4.29. The highest BCUT2D eigenvalue weighted by molar-refractivity contribution is 6.21. The number of carbonyl (C=O) groups excluding carboxylic acids is 1. The van der Waals surface area contributed by atoms with E-state index in [0.29, 0.717) is 5.75 Å². The third-order valence-electron chi connectivity index (χ3n) is 5.72. The molecule has 0 aliphatic heterocycles. The number of aryl methyl sites for hydroxylation is 2. The van der Waals surface area contributed by atoms with E-state index in [1.54, 1.807) is 0 Å². The second kappa shape index (κ2) is 7.00. The van der Waals surface area contributed by atoms with Crippen molar-refractivity contribution in [2.75, 3.05) is 0 Å². The zero-order valence-corrected chi connectivity index (χ0v) is 17.3. The lowest BCUT2D eigenvalue weighted by Gasteiger charge is -2.19. The quantitative estimate of drug-likeness (QED) is 0.136. The van der Waals surface area contributed by atoms with E-state index in [1.165, 1.54) is 28.8 Å². The van der Waals surface area contributed by atoms with Crippen LogP contribution in [0.4, 0.5) is 0 Å². The Labute approximate surface area is 175 Å². The van der Waals surface area contributed by atoms with Gasteiger partial charge in [0.1, 0.15) is 5.75 Å². The van der Waals surface area contributed by atoms with E-state index in [0.717, 1.165) is 32.7 Å². The molecule has 2 nitrogen and oxygen atoms in total. The Morgan fingerprint density at radius 1 is 0.733 bits per heavy atom. The van der Waals surface area contributed by atoms with Gasteiger partial charge in [-0.05, 0) is 64.0 Å². The van der Waals surface area contributed by atoms with Gasteiger partial charge in [-0.1, -0.05) is 72.3 Å². The molecule has 30 heavy (non-hydrogen) atoms. The first kappa shape index (κ1) is 18.4. The van der Waals surface area contributed by atoms with Gasteiger partial charge in [-0.2, -0.15) is 0 Å². The molecule has 0 N–H and O–H groups in total. The Hall–Kier alpha value is -3.65. The first-order valence-electron chi connectivity index (χ1n) is 10.2. The van der Waals surface area contributed by atoms with E-state index < -0.39 is 0 Å². The van der Waals surface area contributed by atoms with Crippen LogP contribution in [0.1, 0.15) is 18.1 Å². The first-order chi connectivity index (χ1) is 14.5. The molecular weight excluding hydrogens is 368 g/mol. The minimum atomic E-state index is -0.314. The van der Waals surface area contributed by atoms with E-state index >= 15 is 0 Å². The summed E-state index contributed by atoms with van der Waals surface area (Å²) in [6, 6.07) is 27.4. The molecule has 0 saturated heterocycles. The molecule has 0 atom stereocenters. The molecule has 5 aromatic carbocycles. The molecule has 0 unspecified atom stereocenters. The van der Waals surface area contributed by atoms with Gasteiger partial charge in [0, 0.05) is 17.9 Å². The summed E-state index contributed by atoms with van der Waals surface area (Å²) in [6.45, 7) is 5.69. The van der Waals surface area contributed by atoms with Gasteiger partial charge in [0.25, 0.3) is 0 Å². The monoisotopic (exact) mass is 390 g/mol. The van der Waals surface area contributed by atoms with Crippen LogP contribution in [0.2, 0.25) is 0 Å². The van der Waals surface area contributed by atoms with Gasteiger partial charge in [0.2, 0.25) is 0 Å². The van der Waals surface area contributed by atoms with Gasteiger partial charge in [0.15, 0.2) is 0 Å². The molecule has 0 saturated carbocycles. The Morgan fingerprint density at radius 3 is 2.13 bits per heavy atom. The van der Waals surface area contributed by atoms with Gasteiger partial charge >= 0.3 is 5.97 Å². The van der Waals surface area contributed by atoms with E-state index in [1.807, 2.05) is 6.07 Å². The summed E-state index contributed by atoms with van der Waals surface area (Å²) in [5, 5.41) is 6.66. The topological polar surface area (TPSA) is 26.3 Å². The fourth-order valence-corrected chi connectivity index (χ4v) is 4.46. The average molecular weight is 390 g/mol. The lowest BCUT2D eigenvalue weighted by molar-refractivity contribution is -0.131. The molecule has 0 amide bonds. The van der Waals surface area contributed by atoms with Crippen molar-refractivity contribution in [1.82, 2.24) is 0 Å². The van der Waals surface area contributed by atoms with Crippen LogP contribution in [-0.4, -0.2) is 5.97 Å². The lowest BCUT2D eigenvalue weighted by atomic mass is 9.88. The Morgan fingerprint density at radius 2 is 1.43 bits per heavy atom. The minimum absolute atomic E-state index is 0.314. The molecule has 146 valence electrons. The summed E-state index contributed by atoms with van der Waals surface area (Å²) in [6.07, 6.45) is 0. The number of benzene rings is 5. The van der Waals surface area contributed by atoms with Gasteiger partial charge in [0.05, 0.1) is 0 Å². The third-order valence-corrected chi connectivity index (χ3v) is 5.72. The fraction of sp³-hybridized carbons (Fsp3) is 0.107. The highest BCUT2D eigenvalue weighted by atomic mass is 16.5. The molecule has 0 spiro atoms. The minimum Gasteiger partial charge on any atom is -0.425 e. The fourth-order valence-electron chi connectivity index (χ4n) is 4.46. The summed E-state index contributed by atoms with van der Waals surface area (Å²) >= 11 is 0. The SMILES string of the molecule is CC(=O)Oc1c(-c2cccc(C)c2)c2cccc(C)c2c2cc3ccccc3cc12. The summed E-state index contributed by atoms with van der Waals surface area (Å²) in [5.74, 6) is 0.317. The van der Waals surface area contributed by atoms with Crippen LogP contribution in [0.5, 0.6) is 5.75 Å². The van der Waals surface area contributed by atoms with Crippen molar-refractivity contribution in [2.45, 2.75) is 20.8 Å². The molecule has 5 aromatic rings. The maximum absolute atomic E-state index is 12.2. The van der Waals surface area contributed by atoms with Crippen molar-refractivity contribution in [3.05, 3.63) is 90.0 Å². The van der Waals surface area contributed by atoms with Crippen molar-refractivity contribution >= 4 is 38.3 Å². The number of carbonyl (C=O) groups is 1. The normalized spacial score (nSPS) is 11.3.